The van der Waals surface area contributed by atoms with E-state index in [4.69, 9.17) is 0 Å². The van der Waals surface area contributed by atoms with Crippen molar-refractivity contribution in [1.82, 2.24) is 10.3 Å². The third kappa shape index (κ3) is 3.08. The van der Waals surface area contributed by atoms with Crippen LogP contribution in [0.5, 0.6) is 0 Å². The fourth-order valence-corrected chi connectivity index (χ4v) is 3.08. The minimum absolute atomic E-state index is 0.143. The van der Waals surface area contributed by atoms with Gasteiger partial charge < -0.3 is 15.6 Å². The molecular formula is C21H21N3O2. The smallest absolute Gasteiger partial charge is 0.255 e. The van der Waals surface area contributed by atoms with Crippen LogP contribution in [-0.4, -0.2) is 22.8 Å². The van der Waals surface area contributed by atoms with Gasteiger partial charge in [0.2, 0.25) is 0 Å². The minimum Gasteiger partial charge on any atom is -0.358 e. The Morgan fingerprint density at radius 3 is 2.58 bits per heavy atom. The lowest BCUT2D eigenvalue weighted by molar-refractivity contribution is 0.0952. The molecule has 1 saturated carbocycles. The lowest BCUT2D eigenvalue weighted by Crippen LogP contribution is -2.27. The SMILES string of the molecule is Cc1[nH]c2ccc(C(=O)Nc3ccccc3C(=O)NC3CC3)cc2c1C. The third-order valence-corrected chi connectivity index (χ3v) is 4.90. The first-order valence-corrected chi connectivity index (χ1v) is 8.83. The summed E-state index contributed by atoms with van der Waals surface area (Å²) in [6, 6.07) is 13.0. The van der Waals surface area contributed by atoms with E-state index in [1.165, 1.54) is 0 Å². The normalized spacial score (nSPS) is 13.6. The highest BCUT2D eigenvalue weighted by Crippen LogP contribution is 2.24. The van der Waals surface area contributed by atoms with Gasteiger partial charge >= 0.3 is 0 Å². The topological polar surface area (TPSA) is 74.0 Å². The molecule has 0 radical (unpaired) electrons. The lowest BCUT2D eigenvalue weighted by Gasteiger charge is -2.11. The number of nitrogens with one attached hydrogen (secondary N) is 3. The molecule has 0 bridgehead atoms. The van der Waals surface area contributed by atoms with Crippen LogP contribution in [0.1, 0.15) is 44.8 Å². The summed E-state index contributed by atoms with van der Waals surface area (Å²) in [6.07, 6.45) is 2.05. The molecule has 3 aromatic rings. The Morgan fingerprint density at radius 2 is 1.81 bits per heavy atom. The number of amides is 2. The predicted octanol–water partition coefficient (Wildman–Crippen LogP) is 3.93. The molecule has 3 N–H and O–H groups in total. The molecule has 1 fully saturated rings. The van der Waals surface area contributed by atoms with Crippen LogP contribution in [0.15, 0.2) is 42.5 Å². The second-order valence-electron chi connectivity index (χ2n) is 6.88. The van der Waals surface area contributed by atoms with Crippen molar-refractivity contribution < 1.29 is 9.59 Å². The monoisotopic (exact) mass is 347 g/mol. The minimum atomic E-state index is -0.225. The van der Waals surface area contributed by atoms with Gasteiger partial charge in [0, 0.05) is 28.2 Å². The number of rotatable bonds is 4. The Morgan fingerprint density at radius 1 is 1.04 bits per heavy atom. The number of aromatic amines is 1. The number of hydrogen-bond donors (Lipinski definition) is 3. The maximum atomic E-state index is 12.7. The first-order valence-electron chi connectivity index (χ1n) is 8.83. The van der Waals surface area contributed by atoms with Gasteiger partial charge in [-0.3, -0.25) is 9.59 Å². The third-order valence-electron chi connectivity index (χ3n) is 4.90. The van der Waals surface area contributed by atoms with Crippen molar-refractivity contribution in [2.45, 2.75) is 32.7 Å². The van der Waals surface area contributed by atoms with E-state index in [0.717, 1.165) is 35.0 Å². The summed E-state index contributed by atoms with van der Waals surface area (Å²) >= 11 is 0. The van der Waals surface area contributed by atoms with Crippen molar-refractivity contribution in [2.75, 3.05) is 5.32 Å². The van der Waals surface area contributed by atoms with E-state index in [-0.39, 0.29) is 17.9 Å². The van der Waals surface area contributed by atoms with Crippen LogP contribution in [0.4, 0.5) is 5.69 Å². The summed E-state index contributed by atoms with van der Waals surface area (Å²) in [7, 11) is 0. The van der Waals surface area contributed by atoms with Crippen molar-refractivity contribution in [1.29, 1.82) is 0 Å². The molecule has 1 aromatic heterocycles. The highest BCUT2D eigenvalue weighted by Gasteiger charge is 2.25. The van der Waals surface area contributed by atoms with Gasteiger partial charge in [0.05, 0.1) is 11.3 Å². The summed E-state index contributed by atoms with van der Waals surface area (Å²) in [5, 5.41) is 6.88. The Labute approximate surface area is 151 Å². The van der Waals surface area contributed by atoms with Gasteiger partial charge in [-0.1, -0.05) is 12.1 Å². The van der Waals surface area contributed by atoms with Crippen molar-refractivity contribution in [3.05, 3.63) is 64.8 Å². The Kier molecular flexibility index (Phi) is 3.99. The van der Waals surface area contributed by atoms with Gasteiger partial charge in [-0.05, 0) is 62.6 Å². The molecule has 0 atom stereocenters. The number of anilines is 1. The number of aryl methyl sites for hydroxylation is 2. The van der Waals surface area contributed by atoms with Gasteiger partial charge in [0.15, 0.2) is 0 Å². The Hall–Kier alpha value is -3.08. The number of hydrogen-bond acceptors (Lipinski definition) is 2. The molecule has 0 aliphatic heterocycles. The van der Waals surface area contributed by atoms with Crippen molar-refractivity contribution in [3.63, 3.8) is 0 Å². The van der Waals surface area contributed by atoms with Crippen molar-refractivity contribution in [2.24, 2.45) is 0 Å². The molecule has 0 saturated heterocycles. The molecule has 2 aromatic carbocycles. The second-order valence-corrected chi connectivity index (χ2v) is 6.88. The molecule has 132 valence electrons. The molecule has 5 heteroatoms. The van der Waals surface area contributed by atoms with Crippen LogP contribution < -0.4 is 10.6 Å². The van der Waals surface area contributed by atoms with E-state index in [9.17, 15) is 9.59 Å². The number of H-pyrrole nitrogens is 1. The molecular weight excluding hydrogens is 326 g/mol. The number of carbonyl (C=O) groups is 2. The largest absolute Gasteiger partial charge is 0.358 e. The van der Waals surface area contributed by atoms with Crippen LogP contribution >= 0.6 is 0 Å². The molecule has 1 aliphatic carbocycles. The summed E-state index contributed by atoms with van der Waals surface area (Å²) < 4.78 is 0. The molecule has 26 heavy (non-hydrogen) atoms. The molecule has 0 spiro atoms. The number of carbonyl (C=O) groups excluding carboxylic acids is 2. The van der Waals surface area contributed by atoms with E-state index < -0.39 is 0 Å². The molecule has 0 unspecified atom stereocenters. The standard InChI is InChI=1S/C21H21N3O2/c1-12-13(2)22-19-10-7-14(11-17(12)19)20(25)24-18-6-4-3-5-16(18)21(26)23-15-8-9-15/h3-7,10-11,15,22H,8-9H2,1-2H3,(H,23,26)(H,24,25). The van der Waals surface area contributed by atoms with Gasteiger partial charge in [0.1, 0.15) is 0 Å². The Bertz CT molecular complexity index is 1020. The summed E-state index contributed by atoms with van der Waals surface area (Å²) in [5.74, 6) is -0.368. The van der Waals surface area contributed by atoms with Crippen LogP contribution in [0, 0.1) is 13.8 Å². The molecule has 4 rings (SSSR count). The van der Waals surface area contributed by atoms with Crippen LogP contribution in [0.3, 0.4) is 0 Å². The number of para-hydroxylation sites is 1. The molecule has 1 heterocycles. The number of benzene rings is 2. The number of fused-ring (bicyclic) bond motifs is 1. The molecule has 2 amide bonds. The maximum absolute atomic E-state index is 12.7. The fourth-order valence-electron chi connectivity index (χ4n) is 3.08. The lowest BCUT2D eigenvalue weighted by atomic mass is 10.1. The van der Waals surface area contributed by atoms with Gasteiger partial charge in [-0.2, -0.15) is 0 Å². The van der Waals surface area contributed by atoms with E-state index >= 15 is 0 Å². The van der Waals surface area contributed by atoms with Gasteiger partial charge in [-0.25, -0.2) is 0 Å². The Balaban J connectivity index is 1.60. The average molecular weight is 347 g/mol. The van der Waals surface area contributed by atoms with Gasteiger partial charge in [0.25, 0.3) is 11.8 Å². The highest BCUT2D eigenvalue weighted by atomic mass is 16.2. The van der Waals surface area contributed by atoms with E-state index in [1.807, 2.05) is 32.0 Å². The number of aromatic nitrogens is 1. The predicted molar refractivity (Wildman–Crippen MR) is 103 cm³/mol. The zero-order chi connectivity index (χ0) is 18.3. The van der Waals surface area contributed by atoms with E-state index in [0.29, 0.717) is 16.8 Å². The van der Waals surface area contributed by atoms with Crippen molar-refractivity contribution >= 4 is 28.4 Å². The molecule has 5 nitrogen and oxygen atoms in total. The first-order chi connectivity index (χ1) is 12.5. The second kappa shape index (κ2) is 6.33. The zero-order valence-electron chi connectivity index (χ0n) is 14.8. The zero-order valence-corrected chi connectivity index (χ0v) is 14.8. The average Bonchev–Trinajstić information content (AvgIpc) is 3.40. The van der Waals surface area contributed by atoms with Crippen LogP contribution in [-0.2, 0) is 0 Å². The van der Waals surface area contributed by atoms with E-state index in [1.54, 1.807) is 24.3 Å². The summed E-state index contributed by atoms with van der Waals surface area (Å²) in [4.78, 5) is 28.4. The van der Waals surface area contributed by atoms with E-state index in [2.05, 4.69) is 15.6 Å². The quantitative estimate of drug-likeness (QED) is 0.669. The first kappa shape index (κ1) is 16.4. The maximum Gasteiger partial charge on any atom is 0.255 e. The fraction of sp³-hybridized carbons (Fsp3) is 0.238. The van der Waals surface area contributed by atoms with Crippen LogP contribution in [0.2, 0.25) is 0 Å². The van der Waals surface area contributed by atoms with Gasteiger partial charge in [-0.15, -0.1) is 0 Å². The highest BCUT2D eigenvalue weighted by molar-refractivity contribution is 6.10. The molecule has 1 aliphatic rings. The summed E-state index contributed by atoms with van der Waals surface area (Å²) in [6.45, 7) is 4.05. The van der Waals surface area contributed by atoms with Crippen LogP contribution in [0.25, 0.3) is 10.9 Å². The van der Waals surface area contributed by atoms with Crippen molar-refractivity contribution in [3.8, 4) is 0 Å². The summed E-state index contributed by atoms with van der Waals surface area (Å²) in [5.41, 5.74) is 4.83.